The molecule has 19 heavy (non-hydrogen) atoms. The van der Waals surface area contributed by atoms with Gasteiger partial charge in [-0.3, -0.25) is 4.79 Å². The largest absolute Gasteiger partial charge is 0.312 e. The first-order chi connectivity index (χ1) is 8.84. The van der Waals surface area contributed by atoms with Crippen LogP contribution in [0.15, 0.2) is 23.1 Å². The summed E-state index contributed by atoms with van der Waals surface area (Å²) < 4.78 is 25.2. The van der Waals surface area contributed by atoms with Gasteiger partial charge < -0.3 is 4.90 Å². The number of aryl methyl sites for hydroxylation is 1. The number of benzene rings is 1. The first-order valence-corrected chi connectivity index (χ1v) is 7.61. The number of carbonyl (C=O) groups is 1. The highest BCUT2D eigenvalue weighted by Crippen LogP contribution is 2.27. The Bertz CT molecular complexity index is 608. The average Bonchev–Trinajstić information content (AvgIpc) is 2.75. The van der Waals surface area contributed by atoms with Crippen LogP contribution in [0.1, 0.15) is 18.4 Å². The van der Waals surface area contributed by atoms with Crippen LogP contribution < -0.4 is 4.90 Å². The predicted octanol–water partition coefficient (Wildman–Crippen LogP) is 1.37. The Balaban J connectivity index is 2.40. The fourth-order valence-electron chi connectivity index (χ4n) is 2.20. The zero-order valence-corrected chi connectivity index (χ0v) is 12.2. The van der Waals surface area contributed by atoms with E-state index in [1.165, 1.54) is 18.4 Å². The number of rotatable bonds is 3. The lowest BCUT2D eigenvalue weighted by Gasteiger charge is -2.19. The highest BCUT2D eigenvalue weighted by atomic mass is 32.2. The Morgan fingerprint density at radius 1 is 1.26 bits per heavy atom. The Hall–Kier alpha value is -1.40. The molecule has 0 aliphatic carbocycles. The summed E-state index contributed by atoms with van der Waals surface area (Å²) in [6, 6.07) is 4.90. The SMILES string of the molecule is Cc1cc(S(=O)(=O)N(C)C)ccc1N1CCCC1=O. The molecule has 2 rings (SSSR count). The highest BCUT2D eigenvalue weighted by molar-refractivity contribution is 7.89. The molecule has 0 spiro atoms. The summed E-state index contributed by atoms with van der Waals surface area (Å²) in [5.41, 5.74) is 1.61. The number of anilines is 1. The molecule has 1 fully saturated rings. The molecule has 1 aliphatic rings. The molecule has 0 saturated carbocycles. The van der Waals surface area contributed by atoms with E-state index in [0.717, 1.165) is 17.7 Å². The summed E-state index contributed by atoms with van der Waals surface area (Å²) in [6.07, 6.45) is 1.42. The first-order valence-electron chi connectivity index (χ1n) is 6.17. The number of sulfonamides is 1. The van der Waals surface area contributed by atoms with Crippen LogP contribution in [-0.4, -0.2) is 39.3 Å². The van der Waals surface area contributed by atoms with E-state index in [1.807, 2.05) is 6.92 Å². The number of carbonyl (C=O) groups excluding carboxylic acids is 1. The van der Waals surface area contributed by atoms with Crippen molar-refractivity contribution in [3.8, 4) is 0 Å². The third kappa shape index (κ3) is 2.50. The lowest BCUT2D eigenvalue weighted by Crippen LogP contribution is -2.25. The molecule has 0 N–H and O–H groups in total. The predicted molar refractivity (Wildman–Crippen MR) is 73.6 cm³/mol. The van der Waals surface area contributed by atoms with Crippen LogP contribution in [0.5, 0.6) is 0 Å². The van der Waals surface area contributed by atoms with Crippen molar-refractivity contribution in [1.82, 2.24) is 4.31 Å². The van der Waals surface area contributed by atoms with Crippen LogP contribution in [0.25, 0.3) is 0 Å². The van der Waals surface area contributed by atoms with Gasteiger partial charge in [-0.15, -0.1) is 0 Å². The molecule has 0 atom stereocenters. The van der Waals surface area contributed by atoms with Crippen molar-refractivity contribution in [2.24, 2.45) is 0 Å². The maximum absolute atomic E-state index is 12.0. The van der Waals surface area contributed by atoms with Gasteiger partial charge in [0.2, 0.25) is 15.9 Å². The van der Waals surface area contributed by atoms with Crippen molar-refractivity contribution in [3.63, 3.8) is 0 Å². The molecule has 5 nitrogen and oxygen atoms in total. The Kier molecular flexibility index (Phi) is 3.64. The van der Waals surface area contributed by atoms with E-state index in [4.69, 9.17) is 0 Å². The summed E-state index contributed by atoms with van der Waals surface area (Å²) in [7, 11) is -0.418. The monoisotopic (exact) mass is 282 g/mol. The standard InChI is InChI=1S/C13H18N2O3S/c1-10-9-11(19(17,18)14(2)3)6-7-12(10)15-8-4-5-13(15)16/h6-7,9H,4-5,8H2,1-3H3. The second-order valence-corrected chi connectivity index (χ2v) is 7.04. The van der Waals surface area contributed by atoms with Crippen LogP contribution >= 0.6 is 0 Å². The van der Waals surface area contributed by atoms with Gasteiger partial charge in [-0.25, -0.2) is 12.7 Å². The summed E-state index contributed by atoms with van der Waals surface area (Å²) >= 11 is 0. The molecule has 0 aromatic heterocycles. The molecule has 0 radical (unpaired) electrons. The average molecular weight is 282 g/mol. The van der Waals surface area contributed by atoms with E-state index < -0.39 is 10.0 Å². The van der Waals surface area contributed by atoms with Crippen molar-refractivity contribution in [3.05, 3.63) is 23.8 Å². The van der Waals surface area contributed by atoms with E-state index in [1.54, 1.807) is 23.1 Å². The summed E-state index contributed by atoms with van der Waals surface area (Å²) in [4.78, 5) is 13.7. The maximum Gasteiger partial charge on any atom is 0.242 e. The van der Waals surface area contributed by atoms with Gasteiger partial charge >= 0.3 is 0 Å². The molecular formula is C13H18N2O3S. The van der Waals surface area contributed by atoms with Crippen LogP contribution in [0, 0.1) is 6.92 Å². The molecule has 1 amide bonds. The van der Waals surface area contributed by atoms with Crippen LogP contribution in [0.2, 0.25) is 0 Å². The lowest BCUT2D eigenvalue weighted by atomic mass is 10.2. The van der Waals surface area contributed by atoms with Gasteiger partial charge in [-0.2, -0.15) is 0 Å². The summed E-state index contributed by atoms with van der Waals surface area (Å²) in [6.45, 7) is 2.54. The van der Waals surface area contributed by atoms with Gasteiger partial charge in [0.05, 0.1) is 4.90 Å². The molecule has 1 aromatic rings. The summed E-state index contributed by atoms with van der Waals surface area (Å²) in [5.74, 6) is 0.103. The topological polar surface area (TPSA) is 57.7 Å². The van der Waals surface area contributed by atoms with Gasteiger partial charge in [0.1, 0.15) is 0 Å². The van der Waals surface area contributed by atoms with Crippen molar-refractivity contribution >= 4 is 21.6 Å². The number of hydrogen-bond donors (Lipinski definition) is 0. The van der Waals surface area contributed by atoms with Crippen LogP contribution in [0.3, 0.4) is 0 Å². The van der Waals surface area contributed by atoms with Gasteiger partial charge in [-0.1, -0.05) is 0 Å². The third-order valence-electron chi connectivity index (χ3n) is 3.31. The number of nitrogens with zero attached hydrogens (tertiary/aromatic N) is 2. The fourth-order valence-corrected chi connectivity index (χ4v) is 3.19. The Labute approximate surface area is 113 Å². The van der Waals surface area contributed by atoms with E-state index in [2.05, 4.69) is 0 Å². The van der Waals surface area contributed by atoms with Gasteiger partial charge in [0.25, 0.3) is 0 Å². The Morgan fingerprint density at radius 2 is 1.95 bits per heavy atom. The number of hydrogen-bond acceptors (Lipinski definition) is 3. The lowest BCUT2D eigenvalue weighted by molar-refractivity contribution is -0.117. The molecule has 1 saturated heterocycles. The van der Waals surface area contributed by atoms with Crippen molar-refractivity contribution in [2.45, 2.75) is 24.7 Å². The number of amides is 1. The second kappa shape index (κ2) is 4.94. The molecule has 1 aliphatic heterocycles. The molecule has 104 valence electrons. The molecule has 1 heterocycles. The van der Waals surface area contributed by atoms with Gasteiger partial charge in [0.15, 0.2) is 0 Å². The minimum atomic E-state index is -3.42. The minimum Gasteiger partial charge on any atom is -0.312 e. The second-order valence-electron chi connectivity index (χ2n) is 4.88. The van der Waals surface area contributed by atoms with E-state index in [0.29, 0.717) is 13.0 Å². The van der Waals surface area contributed by atoms with E-state index >= 15 is 0 Å². The van der Waals surface area contributed by atoms with Crippen LogP contribution in [-0.2, 0) is 14.8 Å². The quantitative estimate of drug-likeness (QED) is 0.841. The summed E-state index contributed by atoms with van der Waals surface area (Å²) in [5, 5.41) is 0. The molecular weight excluding hydrogens is 264 g/mol. The van der Waals surface area contributed by atoms with Gasteiger partial charge in [0, 0.05) is 32.7 Å². The Morgan fingerprint density at radius 3 is 2.42 bits per heavy atom. The first kappa shape index (κ1) is 14.0. The zero-order chi connectivity index (χ0) is 14.2. The van der Waals surface area contributed by atoms with Crippen molar-refractivity contribution in [2.75, 3.05) is 25.5 Å². The van der Waals surface area contributed by atoms with E-state index in [9.17, 15) is 13.2 Å². The van der Waals surface area contributed by atoms with Crippen molar-refractivity contribution < 1.29 is 13.2 Å². The van der Waals surface area contributed by atoms with Crippen LogP contribution in [0.4, 0.5) is 5.69 Å². The third-order valence-corrected chi connectivity index (χ3v) is 5.12. The molecule has 0 unspecified atom stereocenters. The maximum atomic E-state index is 12.0. The smallest absolute Gasteiger partial charge is 0.242 e. The highest BCUT2D eigenvalue weighted by Gasteiger charge is 2.24. The van der Waals surface area contributed by atoms with Gasteiger partial charge in [-0.05, 0) is 37.1 Å². The van der Waals surface area contributed by atoms with E-state index in [-0.39, 0.29) is 10.8 Å². The molecule has 1 aromatic carbocycles. The molecule has 6 heteroatoms. The minimum absolute atomic E-state index is 0.103. The molecule has 0 bridgehead atoms. The normalized spacial score (nSPS) is 16.4. The fraction of sp³-hybridized carbons (Fsp3) is 0.462. The zero-order valence-electron chi connectivity index (χ0n) is 11.4. The van der Waals surface area contributed by atoms with Crippen molar-refractivity contribution in [1.29, 1.82) is 0 Å².